The molecule has 0 aromatic heterocycles. The van der Waals surface area contributed by atoms with Crippen molar-refractivity contribution in [3.8, 4) is 0 Å². The van der Waals surface area contributed by atoms with Crippen LogP contribution in [0.4, 0.5) is 0 Å². The molecule has 0 saturated heterocycles. The number of carbonyl (C=O) groups is 2. The van der Waals surface area contributed by atoms with Gasteiger partial charge in [-0.3, -0.25) is 9.59 Å². The van der Waals surface area contributed by atoms with Crippen molar-refractivity contribution in [2.75, 3.05) is 5.75 Å². The average molecular weight is 355 g/mol. The van der Waals surface area contributed by atoms with Crippen molar-refractivity contribution < 1.29 is 23.1 Å². The topological polar surface area (TPSA) is 88.5 Å². The summed E-state index contributed by atoms with van der Waals surface area (Å²) in [6.45, 7) is 1.80. The van der Waals surface area contributed by atoms with Crippen molar-refractivity contribution in [1.29, 1.82) is 0 Å². The van der Waals surface area contributed by atoms with E-state index in [9.17, 15) is 23.1 Å². The zero-order valence-corrected chi connectivity index (χ0v) is 14.0. The number of hydrogen-bond acceptors (Lipinski definition) is 5. The summed E-state index contributed by atoms with van der Waals surface area (Å²) in [4.78, 5) is 24.4. The van der Waals surface area contributed by atoms with Gasteiger partial charge in [0.15, 0.2) is 21.4 Å². The number of fused-ring (bicyclic) bond motifs is 1. The maximum Gasteiger partial charge on any atom is 0.179 e. The van der Waals surface area contributed by atoms with Crippen molar-refractivity contribution in [2.45, 2.75) is 31.1 Å². The molecule has 5 nitrogen and oxygen atoms in total. The molecular formula is C16H15ClO5S. The molecule has 0 atom stereocenters. The van der Waals surface area contributed by atoms with E-state index in [4.69, 9.17) is 11.6 Å². The Hall–Kier alpha value is -1.66. The number of rotatable bonds is 1. The molecule has 1 N–H and O–H groups in total. The van der Waals surface area contributed by atoms with Crippen LogP contribution in [0.3, 0.4) is 0 Å². The molecule has 0 spiro atoms. The minimum absolute atomic E-state index is 0.0295. The van der Waals surface area contributed by atoms with Crippen LogP contribution in [-0.4, -0.2) is 30.8 Å². The molecule has 1 saturated carbocycles. The molecule has 1 aromatic carbocycles. The highest BCUT2D eigenvalue weighted by atomic mass is 35.5. The molecule has 0 radical (unpaired) electrons. The van der Waals surface area contributed by atoms with Crippen LogP contribution in [-0.2, 0) is 25.8 Å². The SMILES string of the molecule is CC1CC(=O)C(=C(O)c2ccc3c(c2Cl)CCS3(=O)=O)C(=O)C1. The fourth-order valence-electron chi connectivity index (χ4n) is 3.12. The summed E-state index contributed by atoms with van der Waals surface area (Å²) in [6.07, 6.45) is 0.649. The van der Waals surface area contributed by atoms with Crippen LogP contribution in [0, 0.1) is 5.92 Å². The van der Waals surface area contributed by atoms with Gasteiger partial charge in [-0.25, -0.2) is 8.42 Å². The molecule has 1 fully saturated rings. The Bertz CT molecular complexity index is 847. The van der Waals surface area contributed by atoms with Crippen LogP contribution in [0.25, 0.3) is 5.76 Å². The zero-order valence-electron chi connectivity index (χ0n) is 12.4. The molecule has 0 amide bonds. The Morgan fingerprint density at radius 2 is 1.83 bits per heavy atom. The molecule has 122 valence electrons. The summed E-state index contributed by atoms with van der Waals surface area (Å²) < 4.78 is 23.8. The lowest BCUT2D eigenvalue weighted by Gasteiger charge is -2.19. The van der Waals surface area contributed by atoms with Crippen molar-refractivity contribution in [3.05, 3.63) is 33.9 Å². The first-order chi connectivity index (χ1) is 10.7. The van der Waals surface area contributed by atoms with Crippen LogP contribution in [0.15, 0.2) is 22.6 Å². The first kappa shape index (κ1) is 16.2. The number of hydrogen-bond donors (Lipinski definition) is 1. The molecular weight excluding hydrogens is 340 g/mol. The number of ketones is 2. The second kappa shape index (κ2) is 5.46. The maximum absolute atomic E-state index is 12.1. The lowest BCUT2D eigenvalue weighted by atomic mass is 9.83. The van der Waals surface area contributed by atoms with E-state index < -0.39 is 27.2 Å². The Balaban J connectivity index is 2.15. The van der Waals surface area contributed by atoms with E-state index in [0.29, 0.717) is 5.56 Å². The van der Waals surface area contributed by atoms with E-state index in [-0.39, 0.29) is 52.0 Å². The summed E-state index contributed by atoms with van der Waals surface area (Å²) in [7, 11) is -3.34. The van der Waals surface area contributed by atoms with Crippen molar-refractivity contribution in [1.82, 2.24) is 0 Å². The Labute approximate surface area is 138 Å². The summed E-state index contributed by atoms with van der Waals surface area (Å²) in [6, 6.07) is 2.72. The largest absolute Gasteiger partial charge is 0.506 e. The van der Waals surface area contributed by atoms with Gasteiger partial charge < -0.3 is 5.11 Å². The molecule has 3 rings (SSSR count). The fourth-order valence-corrected chi connectivity index (χ4v) is 5.07. The summed E-state index contributed by atoms with van der Waals surface area (Å²) >= 11 is 6.24. The molecule has 1 heterocycles. The molecule has 0 unspecified atom stereocenters. The van der Waals surface area contributed by atoms with Crippen LogP contribution >= 0.6 is 11.6 Å². The van der Waals surface area contributed by atoms with Gasteiger partial charge in [-0.05, 0) is 30.0 Å². The van der Waals surface area contributed by atoms with Crippen molar-refractivity contribution in [2.24, 2.45) is 5.92 Å². The van der Waals surface area contributed by atoms with E-state index in [2.05, 4.69) is 0 Å². The van der Waals surface area contributed by atoms with Gasteiger partial charge in [0.2, 0.25) is 0 Å². The Morgan fingerprint density at radius 1 is 1.22 bits per heavy atom. The first-order valence-corrected chi connectivity index (χ1v) is 9.29. The highest BCUT2D eigenvalue weighted by Crippen LogP contribution is 2.38. The minimum atomic E-state index is -3.34. The number of aliphatic hydroxyl groups is 1. The molecule has 1 aliphatic carbocycles. The fraction of sp³-hybridized carbons (Fsp3) is 0.375. The monoisotopic (exact) mass is 354 g/mol. The standard InChI is InChI=1S/C16H15ClO5S/c1-8-6-11(18)14(12(19)7-8)16(20)10-2-3-13-9(15(10)17)4-5-23(13,21)22/h2-3,8,20H,4-7H2,1H3. The minimum Gasteiger partial charge on any atom is -0.506 e. The molecule has 2 aliphatic rings. The molecule has 1 aliphatic heterocycles. The number of Topliss-reactive ketones (excluding diaryl/α,β-unsaturated/α-hetero) is 2. The van der Waals surface area contributed by atoms with E-state index in [1.807, 2.05) is 0 Å². The number of benzene rings is 1. The number of allylic oxidation sites excluding steroid dienone is 1. The molecule has 7 heteroatoms. The molecule has 0 bridgehead atoms. The van der Waals surface area contributed by atoms with Gasteiger partial charge in [0.25, 0.3) is 0 Å². The maximum atomic E-state index is 12.1. The van der Waals surface area contributed by atoms with Gasteiger partial charge in [-0.1, -0.05) is 18.5 Å². The normalized spacial score (nSPS) is 23.0. The highest BCUT2D eigenvalue weighted by molar-refractivity contribution is 7.91. The third-order valence-corrected chi connectivity index (χ3v) is 6.50. The van der Waals surface area contributed by atoms with Crippen LogP contribution < -0.4 is 0 Å². The van der Waals surface area contributed by atoms with Gasteiger partial charge in [0.05, 0.1) is 15.7 Å². The highest BCUT2D eigenvalue weighted by Gasteiger charge is 2.34. The Morgan fingerprint density at radius 3 is 2.43 bits per heavy atom. The number of sulfone groups is 1. The molecule has 23 heavy (non-hydrogen) atoms. The number of aliphatic hydroxyl groups excluding tert-OH is 1. The third kappa shape index (κ3) is 2.60. The van der Waals surface area contributed by atoms with Crippen molar-refractivity contribution >= 4 is 38.8 Å². The van der Waals surface area contributed by atoms with Crippen LogP contribution in [0.5, 0.6) is 0 Å². The lowest BCUT2D eigenvalue weighted by molar-refractivity contribution is -0.125. The van der Waals surface area contributed by atoms with Gasteiger partial charge in [-0.15, -0.1) is 0 Å². The van der Waals surface area contributed by atoms with Gasteiger partial charge in [0, 0.05) is 18.4 Å². The van der Waals surface area contributed by atoms with Gasteiger partial charge >= 0.3 is 0 Å². The summed E-state index contributed by atoms with van der Waals surface area (Å²) in [5.41, 5.74) is 0.333. The second-order valence-electron chi connectivity index (χ2n) is 6.06. The van der Waals surface area contributed by atoms with E-state index >= 15 is 0 Å². The zero-order chi connectivity index (χ0) is 16.9. The number of halogens is 1. The number of carbonyl (C=O) groups excluding carboxylic acids is 2. The smallest absolute Gasteiger partial charge is 0.179 e. The quantitative estimate of drug-likeness (QED) is 0.475. The average Bonchev–Trinajstić information content (AvgIpc) is 2.74. The second-order valence-corrected chi connectivity index (χ2v) is 8.51. The van der Waals surface area contributed by atoms with Gasteiger partial charge in [-0.2, -0.15) is 0 Å². The molecule has 1 aromatic rings. The van der Waals surface area contributed by atoms with E-state index in [0.717, 1.165) is 0 Å². The predicted molar refractivity (Wildman–Crippen MR) is 85.2 cm³/mol. The van der Waals surface area contributed by atoms with Crippen LogP contribution in [0.1, 0.15) is 30.9 Å². The lowest BCUT2D eigenvalue weighted by Crippen LogP contribution is -2.25. The first-order valence-electron chi connectivity index (χ1n) is 7.26. The van der Waals surface area contributed by atoms with Crippen molar-refractivity contribution in [3.63, 3.8) is 0 Å². The van der Waals surface area contributed by atoms with Crippen LogP contribution in [0.2, 0.25) is 5.02 Å². The van der Waals surface area contributed by atoms with E-state index in [1.54, 1.807) is 6.92 Å². The predicted octanol–water partition coefficient (Wildman–Crippen LogP) is 2.51. The summed E-state index contributed by atoms with van der Waals surface area (Å²) in [5, 5.41) is 10.5. The van der Waals surface area contributed by atoms with E-state index in [1.165, 1.54) is 12.1 Å². The van der Waals surface area contributed by atoms with Gasteiger partial charge in [0.1, 0.15) is 11.3 Å². The summed E-state index contributed by atoms with van der Waals surface area (Å²) in [5.74, 6) is -1.35. The Kier molecular flexibility index (Phi) is 3.84. The third-order valence-electron chi connectivity index (χ3n) is 4.27.